The molecule has 0 N–H and O–H groups in total. The van der Waals surface area contributed by atoms with Crippen LogP contribution in [0, 0.1) is 0 Å². The zero-order valence-electron chi connectivity index (χ0n) is 20.9. The summed E-state index contributed by atoms with van der Waals surface area (Å²) in [4.78, 5) is 14.6. The zero-order chi connectivity index (χ0) is 23.4. The van der Waals surface area contributed by atoms with Crippen LogP contribution in [0.3, 0.4) is 0 Å². The normalized spacial score (nSPS) is 23.8. The van der Waals surface area contributed by atoms with Gasteiger partial charge in [0.05, 0.1) is 11.2 Å². The molecule has 2 heterocycles. The number of likely N-dealkylation sites (N-methyl/N-ethyl adjacent to an activating group) is 1. The third-order valence-electron chi connectivity index (χ3n) is 6.33. The number of carbonyl (C=O) groups is 1. The number of benzene rings is 1. The molecule has 0 bridgehead atoms. The van der Waals surface area contributed by atoms with E-state index in [1.54, 1.807) is 0 Å². The van der Waals surface area contributed by atoms with E-state index < -0.39 is 0 Å². The Balaban J connectivity index is 0.000000423. The number of ether oxygens (including phenoxy) is 1. The summed E-state index contributed by atoms with van der Waals surface area (Å²) in [5, 5.41) is 0. The first-order chi connectivity index (χ1) is 14.2. The Morgan fingerprint density at radius 3 is 2.26 bits per heavy atom. The molecule has 0 aromatic heterocycles. The molecule has 0 spiro atoms. The van der Waals surface area contributed by atoms with Crippen LogP contribution in [-0.4, -0.2) is 72.9 Å². The molecule has 7 heteroatoms. The molecule has 31 heavy (non-hydrogen) atoms. The van der Waals surface area contributed by atoms with Crippen molar-refractivity contribution >= 4 is 19.1 Å². The molecule has 1 atom stereocenters. The minimum atomic E-state index is -0.318. The van der Waals surface area contributed by atoms with Gasteiger partial charge in [-0.25, -0.2) is 0 Å². The Labute approximate surface area is 189 Å². The molecular weight excluding hydrogens is 391 g/mol. The van der Waals surface area contributed by atoms with Crippen LogP contribution in [0.5, 0.6) is 0 Å². The molecular formula is C24H41BN2O4. The molecule has 1 aromatic carbocycles. The minimum absolute atomic E-state index is 0.277. The van der Waals surface area contributed by atoms with E-state index in [2.05, 4.69) is 80.5 Å². The van der Waals surface area contributed by atoms with Crippen molar-refractivity contribution in [3.8, 4) is 0 Å². The second-order valence-corrected chi connectivity index (χ2v) is 10.7. The first-order valence-electron chi connectivity index (χ1n) is 11.2. The van der Waals surface area contributed by atoms with Crippen molar-refractivity contribution < 1.29 is 18.8 Å². The summed E-state index contributed by atoms with van der Waals surface area (Å²) in [6.07, 6.45) is 0. The summed E-state index contributed by atoms with van der Waals surface area (Å²) in [6.45, 7) is 21.0. The maximum atomic E-state index is 9.60. The van der Waals surface area contributed by atoms with Gasteiger partial charge >= 0.3 is 7.12 Å². The summed E-state index contributed by atoms with van der Waals surface area (Å²) < 4.78 is 16.9. The topological polar surface area (TPSA) is 51.2 Å². The van der Waals surface area contributed by atoms with E-state index >= 15 is 0 Å². The molecule has 0 saturated carbocycles. The van der Waals surface area contributed by atoms with Gasteiger partial charge in [0.2, 0.25) is 0 Å². The molecule has 0 radical (unpaired) electrons. The largest absolute Gasteiger partial charge is 0.494 e. The van der Waals surface area contributed by atoms with E-state index in [0.717, 1.165) is 31.6 Å². The fourth-order valence-electron chi connectivity index (χ4n) is 3.49. The molecule has 2 aliphatic heterocycles. The van der Waals surface area contributed by atoms with Crippen LogP contribution in [0.2, 0.25) is 0 Å². The van der Waals surface area contributed by atoms with Gasteiger partial charge in [0.1, 0.15) is 5.60 Å². The number of hydrogen-bond donors (Lipinski definition) is 0. The standard InChI is InChI=1S/C19H31BN2O2.C5H10O2/c1-15-13-22(11-10-21(15)6)14-16-8-7-9-17(12-16)20-23-18(2,3)19(4,5)24-20;1-5(2,3)7-4-6/h7-9,12,15H,10-11,13-14H2,1-6H3;4H,1-3H3. The molecule has 1 unspecified atom stereocenters. The van der Waals surface area contributed by atoms with E-state index in [0.29, 0.717) is 12.5 Å². The average molecular weight is 432 g/mol. The smallest absolute Gasteiger partial charge is 0.462 e. The second-order valence-electron chi connectivity index (χ2n) is 10.7. The molecule has 3 rings (SSSR count). The van der Waals surface area contributed by atoms with Gasteiger partial charge in [0.15, 0.2) is 0 Å². The Morgan fingerprint density at radius 1 is 1.16 bits per heavy atom. The summed E-state index contributed by atoms with van der Waals surface area (Å²) in [5.41, 5.74) is 1.55. The first kappa shape index (κ1) is 25.9. The highest BCUT2D eigenvalue weighted by Gasteiger charge is 2.51. The number of carbonyl (C=O) groups excluding carboxylic acids is 1. The van der Waals surface area contributed by atoms with Crippen molar-refractivity contribution in [3.63, 3.8) is 0 Å². The van der Waals surface area contributed by atoms with E-state index in [1.807, 2.05) is 20.8 Å². The number of rotatable bonds is 4. The predicted octanol–water partition coefficient (Wildman–Crippen LogP) is 3.08. The van der Waals surface area contributed by atoms with Crippen LogP contribution in [0.4, 0.5) is 0 Å². The summed E-state index contributed by atoms with van der Waals surface area (Å²) in [5.74, 6) is 0. The highest BCUT2D eigenvalue weighted by atomic mass is 16.7. The fraction of sp³-hybridized carbons (Fsp3) is 0.708. The van der Waals surface area contributed by atoms with E-state index in [1.165, 1.54) is 5.56 Å². The number of hydrogen-bond acceptors (Lipinski definition) is 6. The van der Waals surface area contributed by atoms with Crippen LogP contribution in [-0.2, 0) is 25.4 Å². The van der Waals surface area contributed by atoms with Crippen molar-refractivity contribution in [1.82, 2.24) is 9.80 Å². The highest BCUT2D eigenvalue weighted by Crippen LogP contribution is 2.36. The predicted molar refractivity (Wildman–Crippen MR) is 126 cm³/mol. The maximum absolute atomic E-state index is 9.60. The van der Waals surface area contributed by atoms with E-state index in [9.17, 15) is 4.79 Å². The van der Waals surface area contributed by atoms with Gasteiger partial charge < -0.3 is 18.9 Å². The Morgan fingerprint density at radius 2 is 1.77 bits per heavy atom. The van der Waals surface area contributed by atoms with Gasteiger partial charge in [-0.15, -0.1) is 0 Å². The van der Waals surface area contributed by atoms with Crippen molar-refractivity contribution in [3.05, 3.63) is 29.8 Å². The van der Waals surface area contributed by atoms with Crippen LogP contribution >= 0.6 is 0 Å². The van der Waals surface area contributed by atoms with Gasteiger partial charge in [-0.05, 0) is 73.5 Å². The minimum Gasteiger partial charge on any atom is -0.462 e. The average Bonchev–Trinajstić information content (AvgIpc) is 2.86. The molecule has 0 aliphatic carbocycles. The molecule has 2 aliphatic rings. The van der Waals surface area contributed by atoms with Crippen LogP contribution in [0.25, 0.3) is 0 Å². The highest BCUT2D eigenvalue weighted by molar-refractivity contribution is 6.62. The SMILES string of the molecule is CC(C)(C)OC=O.CC1CN(Cc2cccc(B3OC(C)(C)C(C)(C)O3)c2)CCN1C. The van der Waals surface area contributed by atoms with Crippen molar-refractivity contribution in [2.24, 2.45) is 0 Å². The van der Waals surface area contributed by atoms with E-state index in [4.69, 9.17) is 9.31 Å². The van der Waals surface area contributed by atoms with Crippen LogP contribution in [0.15, 0.2) is 24.3 Å². The lowest BCUT2D eigenvalue weighted by Crippen LogP contribution is -2.49. The third-order valence-corrected chi connectivity index (χ3v) is 6.33. The fourth-order valence-corrected chi connectivity index (χ4v) is 3.49. The van der Waals surface area contributed by atoms with Gasteiger partial charge in [0.25, 0.3) is 6.47 Å². The van der Waals surface area contributed by atoms with Gasteiger partial charge in [-0.2, -0.15) is 0 Å². The quantitative estimate of drug-likeness (QED) is 0.539. The van der Waals surface area contributed by atoms with Gasteiger partial charge in [-0.1, -0.05) is 24.3 Å². The molecule has 6 nitrogen and oxygen atoms in total. The number of piperazine rings is 1. The van der Waals surface area contributed by atoms with Crippen LogP contribution < -0.4 is 5.46 Å². The Kier molecular flexibility index (Phi) is 8.36. The maximum Gasteiger partial charge on any atom is 0.494 e. The lowest BCUT2D eigenvalue weighted by atomic mass is 9.78. The lowest BCUT2D eigenvalue weighted by molar-refractivity contribution is -0.138. The Hall–Kier alpha value is -1.41. The number of nitrogens with zero attached hydrogens (tertiary/aromatic N) is 2. The van der Waals surface area contributed by atoms with Crippen molar-refractivity contribution in [2.75, 3.05) is 26.7 Å². The second kappa shape index (κ2) is 10.0. The molecule has 2 saturated heterocycles. The monoisotopic (exact) mass is 432 g/mol. The Bertz CT molecular complexity index is 717. The van der Waals surface area contributed by atoms with Gasteiger partial charge in [0, 0.05) is 32.2 Å². The van der Waals surface area contributed by atoms with Gasteiger partial charge in [-0.3, -0.25) is 9.69 Å². The first-order valence-corrected chi connectivity index (χ1v) is 11.2. The van der Waals surface area contributed by atoms with Crippen LogP contribution in [0.1, 0.15) is 61.0 Å². The third kappa shape index (κ3) is 7.31. The van der Waals surface area contributed by atoms with Crippen molar-refractivity contribution in [1.29, 1.82) is 0 Å². The molecule has 0 amide bonds. The molecule has 174 valence electrons. The summed E-state index contributed by atoms with van der Waals surface area (Å²) in [6, 6.07) is 9.29. The lowest BCUT2D eigenvalue weighted by Gasteiger charge is -2.37. The molecule has 1 aromatic rings. The summed E-state index contributed by atoms with van der Waals surface area (Å²) in [7, 11) is 1.93. The molecule has 2 fully saturated rings. The van der Waals surface area contributed by atoms with Crippen molar-refractivity contribution in [2.45, 2.75) is 84.8 Å². The summed E-state index contributed by atoms with van der Waals surface area (Å²) >= 11 is 0. The zero-order valence-corrected chi connectivity index (χ0v) is 20.9. The van der Waals surface area contributed by atoms with E-state index in [-0.39, 0.29) is 23.9 Å².